The van der Waals surface area contributed by atoms with Crippen molar-refractivity contribution in [3.8, 4) is 0 Å². The van der Waals surface area contributed by atoms with Crippen LogP contribution in [-0.4, -0.2) is 28.4 Å². The molecule has 0 atom stereocenters. The van der Waals surface area contributed by atoms with Crippen LogP contribution in [0.3, 0.4) is 0 Å². The molecule has 0 aromatic carbocycles. The molecule has 144 valence electrons. The lowest BCUT2D eigenvalue weighted by Gasteiger charge is -2.11. The molecule has 0 aliphatic heterocycles. The number of rotatable bonds is 6. The third kappa shape index (κ3) is 3.39. The first-order chi connectivity index (χ1) is 12.2. The van der Waals surface area contributed by atoms with E-state index in [0.29, 0.717) is 15.9 Å². The van der Waals surface area contributed by atoms with E-state index < -0.39 is 45.9 Å². The Bertz CT molecular complexity index is 942. The quantitative estimate of drug-likeness (QED) is 0.556. The number of thiophene rings is 1. The van der Waals surface area contributed by atoms with Crippen molar-refractivity contribution < 1.29 is 27.1 Å². The predicted molar refractivity (Wildman–Crippen MR) is 87.6 cm³/mol. The van der Waals surface area contributed by atoms with E-state index >= 15 is 0 Å². The molecule has 2 rings (SSSR count). The Morgan fingerprint density at radius 2 is 1.85 bits per heavy atom. The molecule has 6 nitrogen and oxygen atoms in total. The number of ether oxygens (including phenoxy) is 1. The summed E-state index contributed by atoms with van der Waals surface area (Å²) in [5.74, 6) is -1.23. The molecular weight excluding hydrogens is 380 g/mol. The molecule has 0 aliphatic rings. The van der Waals surface area contributed by atoms with Crippen LogP contribution in [0.5, 0.6) is 0 Å². The molecule has 0 N–H and O–H groups in total. The molecule has 0 bridgehead atoms. The zero-order valence-electron chi connectivity index (χ0n) is 14.0. The normalized spacial score (nSPS) is 11.9. The van der Waals surface area contributed by atoms with Gasteiger partial charge in [-0.3, -0.25) is 18.3 Å². The van der Waals surface area contributed by atoms with Crippen LogP contribution >= 0.6 is 11.3 Å². The number of carbonyl (C=O) groups excluding carboxylic acids is 1. The molecule has 0 saturated carbocycles. The SMILES string of the molecule is CCOC(=O)c1sc2c(c1C(F)(F)F)c(=O)n(CC)c(=O)n2CCCF. The predicted octanol–water partition coefficient (Wildman–Crippen LogP) is 2.80. The fraction of sp³-hybridized carbons (Fsp3) is 0.533. The zero-order valence-corrected chi connectivity index (χ0v) is 14.8. The molecule has 0 saturated heterocycles. The van der Waals surface area contributed by atoms with E-state index in [-0.39, 0.29) is 30.9 Å². The number of halogens is 4. The molecule has 0 amide bonds. The van der Waals surface area contributed by atoms with Crippen molar-refractivity contribution in [2.24, 2.45) is 0 Å². The third-order valence-corrected chi connectivity index (χ3v) is 4.82. The second kappa shape index (κ2) is 7.60. The van der Waals surface area contributed by atoms with Gasteiger partial charge in [0, 0.05) is 13.1 Å². The Hall–Kier alpha value is -2.17. The summed E-state index contributed by atoms with van der Waals surface area (Å²) in [7, 11) is 0. The van der Waals surface area contributed by atoms with Crippen LogP contribution in [0, 0.1) is 0 Å². The molecule has 2 aromatic heterocycles. The lowest BCUT2D eigenvalue weighted by atomic mass is 10.1. The average Bonchev–Trinajstić information content (AvgIpc) is 2.96. The smallest absolute Gasteiger partial charge is 0.418 e. The zero-order chi connectivity index (χ0) is 19.6. The van der Waals surface area contributed by atoms with Gasteiger partial charge in [0.15, 0.2) is 0 Å². The number of hydrogen-bond acceptors (Lipinski definition) is 5. The minimum Gasteiger partial charge on any atom is -0.462 e. The summed E-state index contributed by atoms with van der Waals surface area (Å²) in [5.41, 5.74) is -3.40. The van der Waals surface area contributed by atoms with Gasteiger partial charge in [-0.25, -0.2) is 9.59 Å². The highest BCUT2D eigenvalue weighted by Gasteiger charge is 2.42. The highest BCUT2D eigenvalue weighted by atomic mass is 32.1. The minimum atomic E-state index is -5.01. The molecule has 0 unspecified atom stereocenters. The van der Waals surface area contributed by atoms with Gasteiger partial charge in [0.25, 0.3) is 5.56 Å². The highest BCUT2D eigenvalue weighted by molar-refractivity contribution is 7.20. The number of carbonyl (C=O) groups is 1. The van der Waals surface area contributed by atoms with Gasteiger partial charge in [-0.2, -0.15) is 13.2 Å². The van der Waals surface area contributed by atoms with Gasteiger partial charge >= 0.3 is 17.8 Å². The summed E-state index contributed by atoms with van der Waals surface area (Å²) < 4.78 is 59.6. The van der Waals surface area contributed by atoms with Crippen molar-refractivity contribution in [3.05, 3.63) is 31.3 Å². The summed E-state index contributed by atoms with van der Waals surface area (Å²) in [6, 6.07) is 0. The van der Waals surface area contributed by atoms with E-state index in [1.165, 1.54) is 13.8 Å². The minimum absolute atomic E-state index is 0.120. The molecule has 26 heavy (non-hydrogen) atoms. The van der Waals surface area contributed by atoms with E-state index in [4.69, 9.17) is 0 Å². The Balaban J connectivity index is 3.00. The molecule has 0 radical (unpaired) electrons. The van der Waals surface area contributed by atoms with E-state index in [0.717, 1.165) is 4.57 Å². The van der Waals surface area contributed by atoms with Crippen molar-refractivity contribution in [2.75, 3.05) is 13.3 Å². The lowest BCUT2D eigenvalue weighted by molar-refractivity contribution is -0.136. The van der Waals surface area contributed by atoms with Gasteiger partial charge in [-0.1, -0.05) is 0 Å². The Labute approximate surface area is 148 Å². The van der Waals surface area contributed by atoms with Crippen molar-refractivity contribution in [1.29, 1.82) is 0 Å². The summed E-state index contributed by atoms with van der Waals surface area (Å²) in [6.45, 7) is 1.54. The maximum Gasteiger partial charge on any atom is 0.418 e. The molecule has 2 aromatic rings. The van der Waals surface area contributed by atoms with Crippen LogP contribution in [0.15, 0.2) is 9.59 Å². The molecule has 0 spiro atoms. The van der Waals surface area contributed by atoms with Crippen LogP contribution in [0.25, 0.3) is 10.2 Å². The molecule has 2 heterocycles. The van der Waals surface area contributed by atoms with Crippen molar-refractivity contribution in [2.45, 2.75) is 39.5 Å². The number of fused-ring (bicyclic) bond motifs is 1. The molecule has 11 heteroatoms. The number of alkyl halides is 4. The first-order valence-corrected chi connectivity index (χ1v) is 8.61. The van der Waals surface area contributed by atoms with Crippen LogP contribution in [0.1, 0.15) is 35.5 Å². The lowest BCUT2D eigenvalue weighted by Crippen LogP contribution is -2.39. The fourth-order valence-corrected chi connectivity index (χ4v) is 3.79. The number of nitrogens with zero attached hydrogens (tertiary/aromatic N) is 2. The summed E-state index contributed by atoms with van der Waals surface area (Å²) in [6.07, 6.45) is -5.13. The van der Waals surface area contributed by atoms with E-state index in [1.54, 1.807) is 0 Å². The number of aromatic nitrogens is 2. The average molecular weight is 396 g/mol. The summed E-state index contributed by atoms with van der Waals surface area (Å²) in [5, 5.41) is -0.772. The molecule has 0 aliphatic carbocycles. The van der Waals surface area contributed by atoms with Gasteiger partial charge in [-0.15, -0.1) is 11.3 Å². The monoisotopic (exact) mass is 396 g/mol. The van der Waals surface area contributed by atoms with E-state index in [9.17, 15) is 31.9 Å². The van der Waals surface area contributed by atoms with Crippen LogP contribution in [0.2, 0.25) is 0 Å². The first-order valence-electron chi connectivity index (χ1n) is 7.79. The summed E-state index contributed by atoms with van der Waals surface area (Å²) in [4.78, 5) is 35.8. The number of esters is 1. The van der Waals surface area contributed by atoms with Gasteiger partial charge in [0.2, 0.25) is 0 Å². The maximum atomic E-state index is 13.6. The largest absolute Gasteiger partial charge is 0.462 e. The topological polar surface area (TPSA) is 70.3 Å². The second-order valence-electron chi connectivity index (χ2n) is 5.23. The number of aryl methyl sites for hydroxylation is 1. The van der Waals surface area contributed by atoms with Gasteiger partial charge in [-0.05, 0) is 20.3 Å². The fourth-order valence-electron chi connectivity index (χ4n) is 2.57. The third-order valence-electron chi connectivity index (χ3n) is 3.63. The summed E-state index contributed by atoms with van der Waals surface area (Å²) >= 11 is 0.356. The Morgan fingerprint density at radius 3 is 2.35 bits per heavy atom. The van der Waals surface area contributed by atoms with Crippen molar-refractivity contribution >= 4 is 27.5 Å². The molecular formula is C15H16F4N2O4S. The van der Waals surface area contributed by atoms with Crippen LogP contribution in [-0.2, 0) is 24.0 Å². The first kappa shape index (κ1) is 20.1. The van der Waals surface area contributed by atoms with E-state index in [1.807, 2.05) is 0 Å². The second-order valence-corrected chi connectivity index (χ2v) is 6.23. The highest BCUT2D eigenvalue weighted by Crippen LogP contribution is 2.41. The van der Waals surface area contributed by atoms with Gasteiger partial charge in [0.05, 0.1) is 24.2 Å². The van der Waals surface area contributed by atoms with Gasteiger partial charge in [0.1, 0.15) is 9.71 Å². The standard InChI is InChI=1S/C15H16F4N2O4S/c1-3-20-11(22)8-9(15(17,18)19)10(13(23)25-4-2)26-12(8)21(14(20)24)7-5-6-16/h3-7H2,1-2H3. The Kier molecular flexibility index (Phi) is 5.89. The number of hydrogen-bond donors (Lipinski definition) is 0. The van der Waals surface area contributed by atoms with Crippen molar-refractivity contribution in [3.63, 3.8) is 0 Å². The van der Waals surface area contributed by atoms with Crippen molar-refractivity contribution in [1.82, 2.24) is 9.13 Å². The van der Waals surface area contributed by atoms with Crippen LogP contribution < -0.4 is 11.2 Å². The maximum absolute atomic E-state index is 13.6. The Morgan fingerprint density at radius 1 is 1.19 bits per heavy atom. The van der Waals surface area contributed by atoms with Crippen LogP contribution in [0.4, 0.5) is 17.6 Å². The van der Waals surface area contributed by atoms with Gasteiger partial charge < -0.3 is 4.74 Å². The van der Waals surface area contributed by atoms with E-state index in [2.05, 4.69) is 4.74 Å². The molecule has 0 fully saturated rings.